The molecule has 2 N–H and O–H groups in total. The average Bonchev–Trinajstić information content (AvgIpc) is 3.22. The van der Waals surface area contributed by atoms with Crippen LogP contribution in [0.5, 0.6) is 0 Å². The van der Waals surface area contributed by atoms with Crippen molar-refractivity contribution in [1.29, 1.82) is 0 Å². The van der Waals surface area contributed by atoms with Crippen LogP contribution in [0.2, 0.25) is 0 Å². The van der Waals surface area contributed by atoms with Gasteiger partial charge in [0.05, 0.1) is 12.1 Å². The number of hydrogen-bond acceptors (Lipinski definition) is 4. The molecule has 6 heteroatoms. The number of amides is 1. The first-order valence-electron chi connectivity index (χ1n) is 7.31. The highest BCUT2D eigenvalue weighted by Gasteiger charge is 2.40. The SMILES string of the molecule is O=C1CC[C@@H](Nc2nc3c(F)cccc3o2)[C@H](C2CC2)N1. The molecule has 0 spiro atoms. The van der Waals surface area contributed by atoms with Gasteiger partial charge in [-0.15, -0.1) is 0 Å². The summed E-state index contributed by atoms with van der Waals surface area (Å²) in [7, 11) is 0. The maximum atomic E-state index is 13.6. The number of nitrogens with zero attached hydrogens (tertiary/aromatic N) is 1. The quantitative estimate of drug-likeness (QED) is 0.910. The van der Waals surface area contributed by atoms with Gasteiger partial charge in [0.1, 0.15) is 5.52 Å². The second-order valence-electron chi connectivity index (χ2n) is 5.83. The van der Waals surface area contributed by atoms with Gasteiger partial charge in [0.25, 0.3) is 6.01 Å². The first-order chi connectivity index (χ1) is 10.2. The van der Waals surface area contributed by atoms with E-state index in [4.69, 9.17) is 4.42 Å². The Morgan fingerprint density at radius 3 is 2.95 bits per heavy atom. The maximum absolute atomic E-state index is 13.6. The van der Waals surface area contributed by atoms with Gasteiger partial charge in [-0.1, -0.05) is 6.07 Å². The molecule has 1 aromatic heterocycles. The summed E-state index contributed by atoms with van der Waals surface area (Å²) in [5.74, 6) is 0.251. The number of hydrogen-bond donors (Lipinski definition) is 2. The minimum atomic E-state index is -0.389. The lowest BCUT2D eigenvalue weighted by atomic mass is 9.94. The molecule has 1 amide bonds. The van der Waals surface area contributed by atoms with Gasteiger partial charge in [-0.25, -0.2) is 4.39 Å². The lowest BCUT2D eigenvalue weighted by Crippen LogP contribution is -2.52. The number of para-hydroxylation sites is 1. The van der Waals surface area contributed by atoms with Gasteiger partial charge in [0.2, 0.25) is 5.91 Å². The fourth-order valence-corrected chi connectivity index (χ4v) is 3.02. The number of fused-ring (bicyclic) bond motifs is 1. The van der Waals surface area contributed by atoms with E-state index >= 15 is 0 Å². The number of aromatic nitrogens is 1. The number of benzene rings is 1. The summed E-state index contributed by atoms with van der Waals surface area (Å²) < 4.78 is 19.2. The van der Waals surface area contributed by atoms with Crippen LogP contribution in [0, 0.1) is 11.7 Å². The summed E-state index contributed by atoms with van der Waals surface area (Å²) in [5, 5.41) is 6.28. The monoisotopic (exact) mass is 289 g/mol. The third-order valence-corrected chi connectivity index (χ3v) is 4.25. The number of anilines is 1. The molecule has 4 rings (SSSR count). The molecule has 110 valence electrons. The van der Waals surface area contributed by atoms with E-state index in [9.17, 15) is 9.18 Å². The van der Waals surface area contributed by atoms with Crippen molar-refractivity contribution in [3.05, 3.63) is 24.0 Å². The van der Waals surface area contributed by atoms with E-state index in [1.807, 2.05) is 0 Å². The number of carbonyl (C=O) groups excluding carboxylic acids is 1. The number of halogens is 1. The second-order valence-corrected chi connectivity index (χ2v) is 5.83. The number of nitrogens with one attached hydrogen (secondary N) is 2. The molecule has 21 heavy (non-hydrogen) atoms. The van der Waals surface area contributed by atoms with E-state index in [0.29, 0.717) is 23.9 Å². The lowest BCUT2D eigenvalue weighted by Gasteiger charge is -2.32. The average molecular weight is 289 g/mol. The van der Waals surface area contributed by atoms with E-state index in [-0.39, 0.29) is 29.3 Å². The molecule has 2 aromatic rings. The zero-order chi connectivity index (χ0) is 14.4. The van der Waals surface area contributed by atoms with Crippen molar-refractivity contribution in [3.8, 4) is 0 Å². The summed E-state index contributed by atoms with van der Waals surface area (Å²) in [5.41, 5.74) is 0.670. The minimum absolute atomic E-state index is 0.0892. The van der Waals surface area contributed by atoms with Crippen LogP contribution in [0.3, 0.4) is 0 Å². The highest BCUT2D eigenvalue weighted by atomic mass is 19.1. The summed E-state index contributed by atoms with van der Waals surface area (Å²) in [4.78, 5) is 15.7. The molecule has 1 aliphatic heterocycles. The summed E-state index contributed by atoms with van der Waals surface area (Å²) in [6.45, 7) is 0. The predicted octanol–water partition coefficient (Wildman–Crippen LogP) is 2.44. The molecule has 1 saturated carbocycles. The van der Waals surface area contributed by atoms with Crippen LogP contribution < -0.4 is 10.6 Å². The molecule has 0 unspecified atom stereocenters. The van der Waals surface area contributed by atoms with Crippen LogP contribution >= 0.6 is 0 Å². The van der Waals surface area contributed by atoms with Crippen molar-refractivity contribution in [1.82, 2.24) is 10.3 Å². The van der Waals surface area contributed by atoms with Crippen LogP contribution in [0.1, 0.15) is 25.7 Å². The van der Waals surface area contributed by atoms with Crippen molar-refractivity contribution in [2.24, 2.45) is 5.92 Å². The number of carbonyl (C=O) groups is 1. The van der Waals surface area contributed by atoms with Gasteiger partial charge in [0, 0.05) is 6.42 Å². The Morgan fingerprint density at radius 1 is 1.33 bits per heavy atom. The Balaban J connectivity index is 1.58. The Kier molecular flexibility index (Phi) is 2.83. The molecule has 1 aliphatic carbocycles. The number of piperidine rings is 1. The second kappa shape index (κ2) is 4.72. The third kappa shape index (κ3) is 2.34. The first kappa shape index (κ1) is 12.6. The van der Waals surface area contributed by atoms with Gasteiger partial charge in [-0.05, 0) is 37.3 Å². The fourth-order valence-electron chi connectivity index (χ4n) is 3.02. The van der Waals surface area contributed by atoms with Crippen LogP contribution in [-0.2, 0) is 4.79 Å². The molecule has 2 heterocycles. The van der Waals surface area contributed by atoms with Crippen molar-refractivity contribution in [3.63, 3.8) is 0 Å². The molecule has 2 atom stereocenters. The Morgan fingerprint density at radius 2 is 2.19 bits per heavy atom. The van der Waals surface area contributed by atoms with Gasteiger partial charge in [-0.3, -0.25) is 4.79 Å². The van der Waals surface area contributed by atoms with E-state index in [0.717, 1.165) is 19.3 Å². The normalized spacial score (nSPS) is 25.9. The van der Waals surface area contributed by atoms with Crippen LogP contribution in [0.25, 0.3) is 11.1 Å². The minimum Gasteiger partial charge on any atom is -0.423 e. The first-order valence-corrected chi connectivity index (χ1v) is 7.31. The lowest BCUT2D eigenvalue weighted by molar-refractivity contribution is -0.123. The molecule has 2 fully saturated rings. The fraction of sp³-hybridized carbons (Fsp3) is 0.467. The van der Waals surface area contributed by atoms with Crippen molar-refractivity contribution in [2.75, 3.05) is 5.32 Å². The van der Waals surface area contributed by atoms with E-state index in [1.165, 1.54) is 6.07 Å². The van der Waals surface area contributed by atoms with Crippen LogP contribution in [0.15, 0.2) is 22.6 Å². The molecule has 5 nitrogen and oxygen atoms in total. The van der Waals surface area contributed by atoms with Gasteiger partial charge < -0.3 is 15.1 Å². The molecule has 0 bridgehead atoms. The molecule has 1 saturated heterocycles. The zero-order valence-electron chi connectivity index (χ0n) is 11.4. The van der Waals surface area contributed by atoms with Crippen LogP contribution in [-0.4, -0.2) is 23.0 Å². The van der Waals surface area contributed by atoms with Crippen molar-refractivity contribution < 1.29 is 13.6 Å². The standard InChI is InChI=1S/C15H16FN3O2/c16-9-2-1-3-11-14(9)19-15(21-11)17-10-6-7-12(20)18-13(10)8-4-5-8/h1-3,8,10,13H,4-7H2,(H,17,19)(H,18,20)/t10-,13+/m1/s1. The summed E-state index contributed by atoms with van der Waals surface area (Å²) >= 11 is 0. The Hall–Kier alpha value is -2.11. The molecule has 2 aliphatic rings. The largest absolute Gasteiger partial charge is 0.423 e. The van der Waals surface area contributed by atoms with Crippen LogP contribution in [0.4, 0.5) is 10.4 Å². The summed E-state index contributed by atoms with van der Waals surface area (Å²) in [6, 6.07) is 5.18. The van der Waals surface area contributed by atoms with Crippen molar-refractivity contribution >= 4 is 23.0 Å². The Labute approximate surface area is 120 Å². The predicted molar refractivity (Wildman–Crippen MR) is 75.3 cm³/mol. The van der Waals surface area contributed by atoms with Gasteiger partial charge >= 0.3 is 0 Å². The maximum Gasteiger partial charge on any atom is 0.296 e. The smallest absolute Gasteiger partial charge is 0.296 e. The number of rotatable bonds is 3. The molecule has 1 aromatic carbocycles. The van der Waals surface area contributed by atoms with E-state index in [1.54, 1.807) is 12.1 Å². The topological polar surface area (TPSA) is 67.2 Å². The molecular formula is C15H16FN3O2. The number of oxazole rings is 1. The van der Waals surface area contributed by atoms with Gasteiger partial charge in [-0.2, -0.15) is 4.98 Å². The van der Waals surface area contributed by atoms with Gasteiger partial charge in [0.15, 0.2) is 11.4 Å². The van der Waals surface area contributed by atoms with E-state index < -0.39 is 0 Å². The zero-order valence-corrected chi connectivity index (χ0v) is 11.4. The third-order valence-electron chi connectivity index (χ3n) is 4.25. The summed E-state index contributed by atoms with van der Waals surface area (Å²) in [6.07, 6.45) is 3.53. The highest BCUT2D eigenvalue weighted by Crippen LogP contribution is 2.37. The Bertz CT molecular complexity index is 695. The molecular weight excluding hydrogens is 273 g/mol. The van der Waals surface area contributed by atoms with E-state index in [2.05, 4.69) is 15.6 Å². The molecule has 0 radical (unpaired) electrons. The van der Waals surface area contributed by atoms with Crippen molar-refractivity contribution in [2.45, 2.75) is 37.8 Å². The highest BCUT2D eigenvalue weighted by molar-refractivity contribution is 5.78.